The Morgan fingerprint density at radius 2 is 1.83 bits per heavy atom. The number of aliphatic carboxylic acids is 1. The second-order valence-electron chi connectivity index (χ2n) is 6.28. The smallest absolute Gasteiger partial charge is 0.326 e. The normalized spacial score (nSPS) is 15.3. The van der Waals surface area contributed by atoms with Crippen molar-refractivity contribution >= 4 is 34.1 Å². The molecule has 23 heavy (non-hydrogen) atoms. The molecule has 1 aromatic rings. The molecule has 1 fully saturated rings. The fraction of sp³-hybridized carbons (Fsp3) is 0.562. The molecule has 2 amide bonds. The number of rotatable bonds is 6. The lowest BCUT2D eigenvalue weighted by Gasteiger charge is -2.18. The number of hydrogen-bond donors (Lipinski definition) is 3. The zero-order valence-electron chi connectivity index (χ0n) is 13.7. The van der Waals surface area contributed by atoms with Crippen LogP contribution >= 0.6 is 11.3 Å². The van der Waals surface area contributed by atoms with E-state index in [4.69, 9.17) is 0 Å². The van der Waals surface area contributed by atoms with Crippen molar-refractivity contribution < 1.29 is 19.5 Å². The van der Waals surface area contributed by atoms with Crippen LogP contribution in [0.25, 0.3) is 0 Å². The van der Waals surface area contributed by atoms with Crippen LogP contribution in [0.3, 0.4) is 0 Å². The number of nitrogens with one attached hydrogen (secondary N) is 2. The van der Waals surface area contributed by atoms with Crippen LogP contribution in [0, 0.1) is 25.7 Å². The van der Waals surface area contributed by atoms with Crippen molar-refractivity contribution in [2.24, 2.45) is 11.8 Å². The lowest BCUT2D eigenvalue weighted by atomic mass is 10.0. The third kappa shape index (κ3) is 3.90. The Morgan fingerprint density at radius 1 is 1.22 bits per heavy atom. The fourth-order valence-electron chi connectivity index (χ4n) is 2.27. The van der Waals surface area contributed by atoms with Gasteiger partial charge in [0.2, 0.25) is 5.91 Å². The van der Waals surface area contributed by atoms with Crippen molar-refractivity contribution in [2.75, 3.05) is 5.32 Å². The molecule has 0 spiro atoms. The van der Waals surface area contributed by atoms with Gasteiger partial charge in [-0.3, -0.25) is 9.59 Å². The maximum absolute atomic E-state index is 12.6. The Morgan fingerprint density at radius 3 is 2.30 bits per heavy atom. The minimum atomic E-state index is -1.07. The van der Waals surface area contributed by atoms with Crippen LogP contribution in [0.1, 0.15) is 47.5 Å². The summed E-state index contributed by atoms with van der Waals surface area (Å²) in [6.07, 6.45) is 1.76. The summed E-state index contributed by atoms with van der Waals surface area (Å²) in [5.41, 5.74) is 1.14. The molecular formula is C16H22N2O4S. The number of carbonyl (C=O) groups is 3. The lowest BCUT2D eigenvalue weighted by Crippen LogP contribution is -2.44. The van der Waals surface area contributed by atoms with Gasteiger partial charge in [-0.25, -0.2) is 4.79 Å². The largest absolute Gasteiger partial charge is 0.480 e. The molecule has 7 heteroatoms. The van der Waals surface area contributed by atoms with Crippen LogP contribution < -0.4 is 10.6 Å². The van der Waals surface area contributed by atoms with E-state index in [0.717, 1.165) is 23.3 Å². The van der Waals surface area contributed by atoms with Gasteiger partial charge in [-0.05, 0) is 38.2 Å². The minimum absolute atomic E-state index is 0.0380. The molecule has 3 N–H and O–H groups in total. The molecule has 0 aliphatic heterocycles. The second kappa shape index (κ2) is 6.70. The van der Waals surface area contributed by atoms with Crippen molar-refractivity contribution in [1.29, 1.82) is 0 Å². The van der Waals surface area contributed by atoms with Gasteiger partial charge < -0.3 is 15.7 Å². The van der Waals surface area contributed by atoms with Gasteiger partial charge in [0.15, 0.2) is 0 Å². The van der Waals surface area contributed by atoms with Crippen molar-refractivity contribution in [3.63, 3.8) is 0 Å². The minimum Gasteiger partial charge on any atom is -0.480 e. The van der Waals surface area contributed by atoms with Crippen LogP contribution in [0.15, 0.2) is 0 Å². The molecule has 0 aromatic carbocycles. The van der Waals surface area contributed by atoms with E-state index < -0.39 is 17.9 Å². The Labute approximate surface area is 139 Å². The Hall–Kier alpha value is -1.89. The van der Waals surface area contributed by atoms with Gasteiger partial charge in [0.05, 0.1) is 5.56 Å². The Bertz CT molecular complexity index is 647. The highest BCUT2D eigenvalue weighted by molar-refractivity contribution is 7.16. The van der Waals surface area contributed by atoms with Crippen molar-refractivity contribution in [1.82, 2.24) is 5.32 Å². The second-order valence-corrected chi connectivity index (χ2v) is 7.51. The SMILES string of the molecule is Cc1sc(NC(=O)C2CC2)c(C(=O)NC(C(=O)O)C(C)C)c1C. The van der Waals surface area contributed by atoms with Gasteiger partial charge in [-0.2, -0.15) is 0 Å². The van der Waals surface area contributed by atoms with E-state index in [1.54, 1.807) is 20.8 Å². The van der Waals surface area contributed by atoms with Crippen LogP contribution in [-0.2, 0) is 9.59 Å². The molecule has 0 radical (unpaired) electrons. The average molecular weight is 338 g/mol. The molecule has 0 bridgehead atoms. The summed E-state index contributed by atoms with van der Waals surface area (Å²) in [5, 5.41) is 15.1. The molecule has 1 unspecified atom stereocenters. The van der Waals surface area contributed by atoms with Gasteiger partial charge in [0.1, 0.15) is 11.0 Å². The molecule has 1 aliphatic rings. The third-order valence-corrected chi connectivity index (χ3v) is 5.14. The Balaban J connectivity index is 2.24. The summed E-state index contributed by atoms with van der Waals surface area (Å²) in [6, 6.07) is -0.964. The molecule has 1 aliphatic carbocycles. The predicted octanol–water partition coefficient (Wildman–Crippen LogP) is 2.55. The number of aryl methyl sites for hydroxylation is 1. The molecule has 6 nitrogen and oxygen atoms in total. The average Bonchev–Trinajstić information content (AvgIpc) is 3.24. The van der Waals surface area contributed by atoms with E-state index in [-0.39, 0.29) is 17.7 Å². The molecule has 1 saturated carbocycles. The number of carboxylic acids is 1. The predicted molar refractivity (Wildman–Crippen MR) is 88.9 cm³/mol. The number of hydrogen-bond acceptors (Lipinski definition) is 4. The highest BCUT2D eigenvalue weighted by Gasteiger charge is 2.32. The van der Waals surface area contributed by atoms with Crippen molar-refractivity contribution in [3.05, 3.63) is 16.0 Å². The summed E-state index contributed by atoms with van der Waals surface area (Å²) in [7, 11) is 0. The summed E-state index contributed by atoms with van der Waals surface area (Å²) in [5.74, 6) is -1.79. The van der Waals surface area contributed by atoms with E-state index in [2.05, 4.69) is 10.6 Å². The number of carbonyl (C=O) groups excluding carboxylic acids is 2. The van der Waals surface area contributed by atoms with Gasteiger partial charge in [-0.15, -0.1) is 11.3 Å². The molecule has 1 atom stereocenters. The first-order chi connectivity index (χ1) is 10.7. The molecule has 0 saturated heterocycles. The number of anilines is 1. The zero-order chi connectivity index (χ0) is 17.3. The first-order valence-electron chi connectivity index (χ1n) is 7.66. The van der Waals surface area contributed by atoms with Gasteiger partial charge >= 0.3 is 5.97 Å². The molecule has 1 aromatic heterocycles. The van der Waals surface area contributed by atoms with E-state index in [1.807, 2.05) is 6.92 Å². The van der Waals surface area contributed by atoms with Crippen LogP contribution in [-0.4, -0.2) is 28.9 Å². The van der Waals surface area contributed by atoms with E-state index >= 15 is 0 Å². The molecular weight excluding hydrogens is 316 g/mol. The summed E-state index contributed by atoms with van der Waals surface area (Å²) in [6.45, 7) is 7.15. The topological polar surface area (TPSA) is 95.5 Å². The fourth-order valence-corrected chi connectivity index (χ4v) is 3.34. The van der Waals surface area contributed by atoms with Gasteiger partial charge in [0, 0.05) is 10.8 Å². The quantitative estimate of drug-likeness (QED) is 0.743. The first-order valence-corrected chi connectivity index (χ1v) is 8.48. The molecule has 126 valence electrons. The number of amides is 2. The number of carboxylic acid groups (broad SMARTS) is 1. The van der Waals surface area contributed by atoms with Crippen LogP contribution in [0.4, 0.5) is 5.00 Å². The summed E-state index contributed by atoms with van der Waals surface area (Å²) < 4.78 is 0. The maximum Gasteiger partial charge on any atom is 0.326 e. The highest BCUT2D eigenvalue weighted by Crippen LogP contribution is 2.35. The first kappa shape index (κ1) is 17.5. The van der Waals surface area contributed by atoms with E-state index in [1.165, 1.54) is 11.3 Å². The monoisotopic (exact) mass is 338 g/mol. The maximum atomic E-state index is 12.6. The van der Waals surface area contributed by atoms with Crippen molar-refractivity contribution in [2.45, 2.75) is 46.6 Å². The van der Waals surface area contributed by atoms with Gasteiger partial charge in [0.25, 0.3) is 5.91 Å². The summed E-state index contributed by atoms with van der Waals surface area (Å²) >= 11 is 1.35. The lowest BCUT2D eigenvalue weighted by molar-refractivity contribution is -0.140. The van der Waals surface area contributed by atoms with Crippen LogP contribution in [0.2, 0.25) is 0 Å². The zero-order valence-corrected chi connectivity index (χ0v) is 14.5. The Kier molecular flexibility index (Phi) is 5.09. The highest BCUT2D eigenvalue weighted by atomic mass is 32.1. The number of thiophene rings is 1. The molecule has 2 rings (SSSR count). The van der Waals surface area contributed by atoms with E-state index in [0.29, 0.717) is 10.6 Å². The summed E-state index contributed by atoms with van der Waals surface area (Å²) in [4.78, 5) is 36.8. The molecule has 1 heterocycles. The van der Waals surface area contributed by atoms with Crippen molar-refractivity contribution in [3.8, 4) is 0 Å². The van der Waals surface area contributed by atoms with Gasteiger partial charge in [-0.1, -0.05) is 13.8 Å². The third-order valence-electron chi connectivity index (χ3n) is 4.02. The standard InChI is InChI=1S/C16H22N2O4S/c1-7(2)12(16(21)22)17-14(20)11-8(3)9(4)23-15(11)18-13(19)10-5-6-10/h7,10,12H,5-6H2,1-4H3,(H,17,20)(H,18,19)(H,21,22). The van der Waals surface area contributed by atoms with E-state index in [9.17, 15) is 19.5 Å². The van der Waals surface area contributed by atoms with Crippen LogP contribution in [0.5, 0.6) is 0 Å².